The molecule has 1 aromatic rings. The van der Waals surface area contributed by atoms with Gasteiger partial charge in [0.1, 0.15) is 5.75 Å². The summed E-state index contributed by atoms with van der Waals surface area (Å²) in [6.07, 6.45) is 0.643. The van der Waals surface area contributed by atoms with E-state index < -0.39 is 5.97 Å². The number of rotatable bonds is 6. The van der Waals surface area contributed by atoms with E-state index >= 15 is 0 Å². The van der Waals surface area contributed by atoms with Crippen LogP contribution in [0.25, 0.3) is 0 Å². The van der Waals surface area contributed by atoms with Gasteiger partial charge in [0.25, 0.3) is 0 Å². The molecule has 118 valence electrons. The molecule has 0 unspecified atom stereocenters. The summed E-state index contributed by atoms with van der Waals surface area (Å²) in [4.78, 5) is 20.1. The highest BCUT2D eigenvalue weighted by Crippen LogP contribution is 2.21. The predicted octanol–water partition coefficient (Wildman–Crippen LogP) is 3.46. The molecular formula is C15H21ClO5. The third kappa shape index (κ3) is 10.7. The summed E-state index contributed by atoms with van der Waals surface area (Å²) in [5, 5.41) is 9.10. The summed E-state index contributed by atoms with van der Waals surface area (Å²) >= 11 is 5.79. The number of aliphatic carboxylic acids is 1. The van der Waals surface area contributed by atoms with Crippen LogP contribution in [-0.2, 0) is 14.3 Å². The molecule has 1 aromatic carbocycles. The smallest absolute Gasteiger partial charge is 0.303 e. The number of carbonyl (C=O) groups is 2. The lowest BCUT2D eigenvalue weighted by atomic mass is 10.2. The molecule has 0 saturated carbocycles. The third-order valence-corrected chi connectivity index (χ3v) is 2.51. The van der Waals surface area contributed by atoms with Gasteiger partial charge in [-0.15, -0.1) is 0 Å². The lowest BCUT2D eigenvalue weighted by Gasteiger charge is -2.08. The van der Waals surface area contributed by atoms with Crippen LogP contribution in [0.15, 0.2) is 18.2 Å². The fraction of sp³-hybridized carbons (Fsp3) is 0.467. The summed E-state index contributed by atoms with van der Waals surface area (Å²) in [5.74, 6) is -0.256. The van der Waals surface area contributed by atoms with E-state index in [1.807, 2.05) is 13.0 Å². The Hall–Kier alpha value is -1.75. The molecule has 0 saturated heterocycles. The number of carboxylic acids is 1. The van der Waals surface area contributed by atoms with E-state index in [2.05, 4.69) is 4.74 Å². The van der Waals surface area contributed by atoms with Crippen LogP contribution in [0.4, 0.5) is 0 Å². The number of esters is 1. The van der Waals surface area contributed by atoms with Gasteiger partial charge in [0.2, 0.25) is 0 Å². The summed E-state index contributed by atoms with van der Waals surface area (Å²) in [6.45, 7) is 5.97. The quantitative estimate of drug-likeness (QED) is 0.642. The van der Waals surface area contributed by atoms with Gasteiger partial charge >= 0.3 is 11.9 Å². The Labute approximate surface area is 129 Å². The van der Waals surface area contributed by atoms with Gasteiger partial charge in [0, 0.05) is 18.4 Å². The van der Waals surface area contributed by atoms with Crippen molar-refractivity contribution in [1.29, 1.82) is 0 Å². The summed E-state index contributed by atoms with van der Waals surface area (Å²) in [5.41, 5.74) is 0.956. The summed E-state index contributed by atoms with van der Waals surface area (Å²) in [7, 11) is 0. The fourth-order valence-electron chi connectivity index (χ4n) is 1.38. The second-order valence-corrected chi connectivity index (χ2v) is 4.62. The molecule has 5 nitrogen and oxygen atoms in total. The van der Waals surface area contributed by atoms with E-state index in [1.54, 1.807) is 19.1 Å². The van der Waals surface area contributed by atoms with Crippen LogP contribution in [0.3, 0.4) is 0 Å². The minimum atomic E-state index is -0.800. The Morgan fingerprint density at radius 3 is 2.43 bits per heavy atom. The maximum atomic E-state index is 10.2. The van der Waals surface area contributed by atoms with Gasteiger partial charge in [-0.2, -0.15) is 0 Å². The monoisotopic (exact) mass is 316 g/mol. The zero-order chi connectivity index (χ0) is 16.3. The molecule has 0 fully saturated rings. The Morgan fingerprint density at radius 1 is 1.33 bits per heavy atom. The molecule has 0 aliphatic rings. The molecule has 0 aromatic heterocycles. The second-order valence-electron chi connectivity index (χ2n) is 4.18. The number of aryl methyl sites for hydroxylation is 1. The van der Waals surface area contributed by atoms with Crippen LogP contribution >= 0.6 is 11.6 Å². The second kappa shape index (κ2) is 11.0. The molecule has 0 atom stereocenters. The highest BCUT2D eigenvalue weighted by atomic mass is 35.5. The lowest BCUT2D eigenvalue weighted by molar-refractivity contribution is -0.140. The van der Waals surface area contributed by atoms with Gasteiger partial charge in [-0.25, -0.2) is 0 Å². The summed E-state index contributed by atoms with van der Waals surface area (Å²) in [6, 6.07) is 5.35. The number of hydrogen-bond donors (Lipinski definition) is 1. The van der Waals surface area contributed by atoms with Gasteiger partial charge in [-0.1, -0.05) is 11.6 Å². The molecule has 6 heteroatoms. The maximum Gasteiger partial charge on any atom is 0.303 e. The average molecular weight is 317 g/mol. The number of carbonyl (C=O) groups excluding carboxylic acids is 1. The largest absolute Gasteiger partial charge is 0.493 e. The SMILES string of the molecule is CCOC(C)=O.Cc1cc(Cl)ccc1OCCCC(=O)O. The number of hydrogen-bond acceptors (Lipinski definition) is 4. The number of ether oxygens (including phenoxy) is 2. The molecule has 0 spiro atoms. The molecule has 0 radical (unpaired) electrons. The first-order valence-corrected chi connectivity index (χ1v) is 6.98. The number of benzene rings is 1. The van der Waals surface area contributed by atoms with Crippen molar-refractivity contribution in [1.82, 2.24) is 0 Å². The van der Waals surface area contributed by atoms with Crippen molar-refractivity contribution in [3.63, 3.8) is 0 Å². The van der Waals surface area contributed by atoms with E-state index in [4.69, 9.17) is 21.4 Å². The van der Waals surface area contributed by atoms with E-state index in [-0.39, 0.29) is 12.4 Å². The van der Waals surface area contributed by atoms with E-state index in [0.29, 0.717) is 24.7 Å². The first kappa shape index (κ1) is 19.2. The van der Waals surface area contributed by atoms with Crippen LogP contribution in [0, 0.1) is 6.92 Å². The van der Waals surface area contributed by atoms with Gasteiger partial charge in [0.15, 0.2) is 0 Å². The van der Waals surface area contributed by atoms with E-state index in [9.17, 15) is 9.59 Å². The van der Waals surface area contributed by atoms with Crippen LogP contribution in [0.1, 0.15) is 32.3 Å². The number of carboxylic acid groups (broad SMARTS) is 1. The minimum absolute atomic E-state index is 0.132. The average Bonchev–Trinajstić information content (AvgIpc) is 2.37. The van der Waals surface area contributed by atoms with Crippen molar-refractivity contribution < 1.29 is 24.2 Å². The van der Waals surface area contributed by atoms with Crippen molar-refractivity contribution in [2.24, 2.45) is 0 Å². The topological polar surface area (TPSA) is 72.8 Å². The Bertz CT molecular complexity index is 459. The van der Waals surface area contributed by atoms with Crippen molar-refractivity contribution in [3.8, 4) is 5.75 Å². The van der Waals surface area contributed by atoms with E-state index in [0.717, 1.165) is 11.3 Å². The molecular weight excluding hydrogens is 296 g/mol. The first-order valence-electron chi connectivity index (χ1n) is 6.61. The molecule has 21 heavy (non-hydrogen) atoms. The van der Waals surface area contributed by atoms with Crippen molar-refractivity contribution in [2.75, 3.05) is 13.2 Å². The van der Waals surface area contributed by atoms with Crippen molar-refractivity contribution in [3.05, 3.63) is 28.8 Å². The van der Waals surface area contributed by atoms with Crippen molar-refractivity contribution in [2.45, 2.75) is 33.6 Å². The maximum absolute atomic E-state index is 10.2. The van der Waals surface area contributed by atoms with Crippen LogP contribution in [0.5, 0.6) is 5.75 Å². The molecule has 0 aliphatic heterocycles. The lowest BCUT2D eigenvalue weighted by Crippen LogP contribution is -2.02. The van der Waals surface area contributed by atoms with Gasteiger partial charge < -0.3 is 14.6 Å². The van der Waals surface area contributed by atoms with Crippen LogP contribution in [0.2, 0.25) is 5.02 Å². The normalized spacial score (nSPS) is 9.33. The molecule has 0 aliphatic carbocycles. The van der Waals surface area contributed by atoms with Crippen LogP contribution < -0.4 is 4.74 Å². The Morgan fingerprint density at radius 2 is 2.00 bits per heavy atom. The van der Waals surface area contributed by atoms with Crippen LogP contribution in [-0.4, -0.2) is 30.3 Å². The van der Waals surface area contributed by atoms with Gasteiger partial charge in [0.05, 0.1) is 13.2 Å². The Balaban J connectivity index is 0.000000567. The summed E-state index contributed by atoms with van der Waals surface area (Å²) < 4.78 is 9.82. The highest BCUT2D eigenvalue weighted by molar-refractivity contribution is 6.30. The van der Waals surface area contributed by atoms with Gasteiger partial charge in [-0.05, 0) is 44.0 Å². The zero-order valence-corrected chi connectivity index (χ0v) is 13.3. The molecule has 0 heterocycles. The predicted molar refractivity (Wildman–Crippen MR) is 80.9 cm³/mol. The van der Waals surface area contributed by atoms with Crippen molar-refractivity contribution >= 4 is 23.5 Å². The fourth-order valence-corrected chi connectivity index (χ4v) is 1.61. The standard InChI is InChI=1S/C11H13ClO3.C4H8O2/c1-8-7-9(12)4-5-10(8)15-6-2-3-11(13)14;1-3-6-4(2)5/h4-5,7H,2-3,6H2,1H3,(H,13,14);3H2,1-2H3. The van der Waals surface area contributed by atoms with Gasteiger partial charge in [-0.3, -0.25) is 9.59 Å². The van der Waals surface area contributed by atoms with E-state index in [1.165, 1.54) is 6.92 Å². The Kier molecular flexibility index (Phi) is 10.1. The third-order valence-electron chi connectivity index (χ3n) is 2.28. The molecule has 0 bridgehead atoms. The molecule has 1 N–H and O–H groups in total. The molecule has 1 rings (SSSR count). The number of halogens is 1. The minimum Gasteiger partial charge on any atom is -0.493 e. The molecule has 0 amide bonds. The first-order chi connectivity index (χ1) is 9.86. The zero-order valence-electron chi connectivity index (χ0n) is 12.5. The highest BCUT2D eigenvalue weighted by Gasteiger charge is 2.01.